The van der Waals surface area contributed by atoms with E-state index in [9.17, 15) is 22.8 Å². The summed E-state index contributed by atoms with van der Waals surface area (Å²) in [5, 5.41) is 9.04. The molecule has 0 atom stereocenters. The van der Waals surface area contributed by atoms with Crippen LogP contribution in [0, 0.1) is 11.3 Å². The van der Waals surface area contributed by atoms with E-state index in [0.717, 1.165) is 11.1 Å². The monoisotopic (exact) mass is 618 g/mol. The maximum Gasteiger partial charge on any atom is 0.419 e. The molecule has 10 nitrogen and oxygen atoms in total. The summed E-state index contributed by atoms with van der Waals surface area (Å²) in [5.41, 5.74) is -3.41. The fourth-order valence-electron chi connectivity index (χ4n) is 4.80. The molecule has 4 rings (SSSR count). The van der Waals surface area contributed by atoms with E-state index < -0.39 is 34.5 Å². The minimum atomic E-state index is -4.84. The Kier molecular flexibility index (Phi) is 8.90. The highest BCUT2D eigenvalue weighted by atomic mass is 32.1. The summed E-state index contributed by atoms with van der Waals surface area (Å²) in [6, 6.07) is 9.04. The molecule has 2 aliphatic heterocycles. The zero-order chi connectivity index (χ0) is 31.7. The van der Waals surface area contributed by atoms with Crippen molar-refractivity contribution in [3.8, 4) is 11.8 Å². The van der Waals surface area contributed by atoms with Crippen molar-refractivity contribution in [3.63, 3.8) is 0 Å². The molecule has 43 heavy (non-hydrogen) atoms. The standard InChI is InChI=1S/C29H33F3N6O4S/c1-27(2,3)42-26(40)36-12-10-35(11-13-36)14-15-41-21-8-6-19(7-9-21)38-25(43)37(24(39)28(38,4)5)20-16-22(29(30,31)32)23(17-33)34-18-20/h6-9,16,18H,10-15H2,1-5H3. The molecule has 2 aromatic rings. The van der Waals surface area contributed by atoms with Crippen LogP contribution < -0.4 is 14.5 Å². The van der Waals surface area contributed by atoms with Crippen molar-refractivity contribution in [2.75, 3.05) is 49.1 Å². The molecular formula is C29H33F3N6O4S. The van der Waals surface area contributed by atoms with Crippen LogP contribution in [0.1, 0.15) is 45.9 Å². The van der Waals surface area contributed by atoms with Crippen molar-refractivity contribution < 1.29 is 32.2 Å². The molecular weight excluding hydrogens is 585 g/mol. The summed E-state index contributed by atoms with van der Waals surface area (Å²) in [4.78, 5) is 35.7. The van der Waals surface area contributed by atoms with Gasteiger partial charge >= 0.3 is 12.3 Å². The Morgan fingerprint density at radius 2 is 1.72 bits per heavy atom. The number of benzene rings is 1. The van der Waals surface area contributed by atoms with E-state index >= 15 is 0 Å². The van der Waals surface area contributed by atoms with E-state index in [0.29, 0.717) is 56.8 Å². The zero-order valence-electron chi connectivity index (χ0n) is 24.6. The second kappa shape index (κ2) is 12.0. The molecule has 0 aliphatic carbocycles. The van der Waals surface area contributed by atoms with Crippen LogP contribution in [0.3, 0.4) is 0 Å². The first-order valence-corrected chi connectivity index (χ1v) is 14.0. The predicted molar refractivity (Wildman–Crippen MR) is 157 cm³/mol. The molecule has 2 aliphatic rings. The van der Waals surface area contributed by atoms with Gasteiger partial charge in [0, 0.05) is 38.4 Å². The molecule has 0 unspecified atom stereocenters. The molecule has 0 radical (unpaired) electrons. The number of alkyl halides is 3. The van der Waals surface area contributed by atoms with Crippen molar-refractivity contribution >= 4 is 40.7 Å². The van der Waals surface area contributed by atoms with Gasteiger partial charge in [0.15, 0.2) is 10.8 Å². The number of carbonyl (C=O) groups is 2. The zero-order valence-corrected chi connectivity index (χ0v) is 25.4. The van der Waals surface area contributed by atoms with Crippen LogP contribution in [0.5, 0.6) is 5.75 Å². The van der Waals surface area contributed by atoms with Crippen molar-refractivity contribution in [3.05, 3.63) is 47.8 Å². The minimum Gasteiger partial charge on any atom is -0.492 e. The number of ether oxygens (including phenoxy) is 2. The van der Waals surface area contributed by atoms with Gasteiger partial charge in [-0.2, -0.15) is 18.4 Å². The topological polar surface area (TPSA) is 102 Å². The molecule has 2 fully saturated rings. The van der Waals surface area contributed by atoms with Crippen LogP contribution in [0.25, 0.3) is 0 Å². The van der Waals surface area contributed by atoms with E-state index in [1.54, 1.807) is 47.9 Å². The van der Waals surface area contributed by atoms with E-state index in [-0.39, 0.29) is 16.9 Å². The molecule has 1 aromatic carbocycles. The predicted octanol–water partition coefficient (Wildman–Crippen LogP) is 4.82. The number of rotatable bonds is 6. The third-order valence-electron chi connectivity index (χ3n) is 7.01. The van der Waals surface area contributed by atoms with Gasteiger partial charge in [-0.3, -0.25) is 14.6 Å². The van der Waals surface area contributed by atoms with Crippen LogP contribution in [0.4, 0.5) is 29.3 Å². The molecule has 0 bridgehead atoms. The Balaban J connectivity index is 1.38. The van der Waals surface area contributed by atoms with E-state index in [1.807, 2.05) is 20.8 Å². The van der Waals surface area contributed by atoms with Gasteiger partial charge in [-0.15, -0.1) is 0 Å². The number of pyridine rings is 1. The number of thiocarbonyl (C=S) groups is 1. The quantitative estimate of drug-likeness (QED) is 0.422. The van der Waals surface area contributed by atoms with Crippen LogP contribution >= 0.6 is 12.2 Å². The lowest BCUT2D eigenvalue weighted by atomic mass is 10.0. The molecule has 1 aromatic heterocycles. The van der Waals surface area contributed by atoms with Gasteiger partial charge in [0.1, 0.15) is 29.6 Å². The molecule has 0 N–H and O–H groups in total. The highest BCUT2D eigenvalue weighted by Crippen LogP contribution is 2.39. The van der Waals surface area contributed by atoms with Crippen LogP contribution in [0.2, 0.25) is 0 Å². The number of nitriles is 1. The van der Waals surface area contributed by atoms with Gasteiger partial charge in [-0.1, -0.05) is 0 Å². The SMILES string of the molecule is CC(C)(C)OC(=O)N1CCN(CCOc2ccc(N3C(=S)N(c4cnc(C#N)c(C(F)(F)F)c4)C(=O)C3(C)C)cc2)CC1. The van der Waals surface area contributed by atoms with Crippen LogP contribution in [-0.2, 0) is 15.7 Å². The summed E-state index contributed by atoms with van der Waals surface area (Å²) in [6.07, 6.45) is -4.11. The smallest absolute Gasteiger partial charge is 0.419 e. The summed E-state index contributed by atoms with van der Waals surface area (Å²) in [5.74, 6) is 0.0533. The Morgan fingerprint density at radius 3 is 2.28 bits per heavy atom. The van der Waals surface area contributed by atoms with Gasteiger partial charge in [-0.25, -0.2) is 9.78 Å². The first kappa shape index (κ1) is 32.0. The van der Waals surface area contributed by atoms with Crippen molar-refractivity contribution in [2.45, 2.75) is 51.9 Å². The van der Waals surface area contributed by atoms with Gasteiger partial charge in [-0.05, 0) is 77.2 Å². The number of halogens is 3. The first-order chi connectivity index (χ1) is 20.0. The van der Waals surface area contributed by atoms with Gasteiger partial charge in [0.05, 0.1) is 17.4 Å². The number of anilines is 2. The van der Waals surface area contributed by atoms with Gasteiger partial charge < -0.3 is 19.3 Å². The molecule has 3 heterocycles. The highest BCUT2D eigenvalue weighted by molar-refractivity contribution is 7.81. The second-order valence-electron chi connectivity index (χ2n) is 11.7. The van der Waals surface area contributed by atoms with E-state index in [4.69, 9.17) is 27.0 Å². The van der Waals surface area contributed by atoms with E-state index in [2.05, 4.69) is 9.88 Å². The van der Waals surface area contributed by atoms with Gasteiger partial charge in [0.25, 0.3) is 5.91 Å². The highest BCUT2D eigenvalue weighted by Gasteiger charge is 2.51. The number of nitrogens with zero attached hydrogens (tertiary/aromatic N) is 6. The number of piperazine rings is 1. The molecule has 0 spiro atoms. The van der Waals surface area contributed by atoms with Crippen LogP contribution in [0.15, 0.2) is 36.5 Å². The lowest BCUT2D eigenvalue weighted by Crippen LogP contribution is -2.50. The van der Waals surface area contributed by atoms with Gasteiger partial charge in [0.2, 0.25) is 0 Å². The Hall–Kier alpha value is -3.96. The summed E-state index contributed by atoms with van der Waals surface area (Å²) in [6.45, 7) is 12.4. The Morgan fingerprint density at radius 1 is 1.09 bits per heavy atom. The summed E-state index contributed by atoms with van der Waals surface area (Å²) >= 11 is 5.56. The van der Waals surface area contributed by atoms with Crippen molar-refractivity contribution in [1.29, 1.82) is 5.26 Å². The average Bonchev–Trinajstić information content (AvgIpc) is 3.10. The van der Waals surface area contributed by atoms with Crippen molar-refractivity contribution in [1.82, 2.24) is 14.8 Å². The maximum atomic E-state index is 13.5. The fraction of sp³-hybridized carbons (Fsp3) is 0.483. The molecule has 2 saturated heterocycles. The van der Waals surface area contributed by atoms with Crippen molar-refractivity contribution in [2.24, 2.45) is 0 Å². The summed E-state index contributed by atoms with van der Waals surface area (Å²) < 4.78 is 52.0. The fourth-order valence-corrected chi connectivity index (χ4v) is 5.32. The normalized spacial score (nSPS) is 17.7. The number of aromatic nitrogens is 1. The molecule has 2 amide bonds. The second-order valence-corrected chi connectivity index (χ2v) is 12.0. The number of hydrogen-bond donors (Lipinski definition) is 0. The van der Waals surface area contributed by atoms with Crippen LogP contribution in [-0.4, -0.2) is 82.4 Å². The lowest BCUT2D eigenvalue weighted by Gasteiger charge is -2.35. The summed E-state index contributed by atoms with van der Waals surface area (Å²) in [7, 11) is 0. The molecule has 0 saturated carbocycles. The first-order valence-electron chi connectivity index (χ1n) is 13.6. The Bertz CT molecular complexity index is 1430. The third-order valence-corrected chi connectivity index (χ3v) is 7.37. The van der Waals surface area contributed by atoms with E-state index in [1.165, 1.54) is 6.07 Å². The molecule has 14 heteroatoms. The number of amides is 2. The average molecular weight is 619 g/mol. The minimum absolute atomic E-state index is 0.0196. The number of carbonyl (C=O) groups excluding carboxylic acids is 2. The lowest BCUT2D eigenvalue weighted by molar-refractivity contribution is -0.138. The maximum absolute atomic E-state index is 13.5. The molecule has 230 valence electrons. The third kappa shape index (κ3) is 7.00. The largest absolute Gasteiger partial charge is 0.492 e. The Labute approximate surface area is 253 Å². The number of hydrogen-bond acceptors (Lipinski definition) is 8.